The summed E-state index contributed by atoms with van der Waals surface area (Å²) >= 11 is 0. The zero-order valence-electron chi connectivity index (χ0n) is 8.32. The van der Waals surface area contributed by atoms with Crippen LogP contribution in [-0.2, 0) is 4.57 Å². The van der Waals surface area contributed by atoms with Crippen molar-refractivity contribution in [3.05, 3.63) is 29.8 Å². The third-order valence-electron chi connectivity index (χ3n) is 2.02. The van der Waals surface area contributed by atoms with Gasteiger partial charge >= 0.3 is 0 Å². The van der Waals surface area contributed by atoms with Gasteiger partial charge in [0, 0.05) is 11.3 Å². The summed E-state index contributed by atoms with van der Waals surface area (Å²) in [6.07, 6.45) is 0. The van der Waals surface area contributed by atoms with Crippen LogP contribution in [0.4, 0.5) is 0 Å². The van der Waals surface area contributed by atoms with Crippen molar-refractivity contribution < 1.29 is 4.57 Å². The Bertz CT molecular complexity index is 341. The van der Waals surface area contributed by atoms with Gasteiger partial charge in [0.15, 0.2) is 0 Å². The largest absolute Gasteiger partial charge is 0.324 e. The van der Waals surface area contributed by atoms with Crippen LogP contribution in [0.15, 0.2) is 24.3 Å². The van der Waals surface area contributed by atoms with E-state index < -0.39 is 7.14 Å². The van der Waals surface area contributed by atoms with E-state index in [9.17, 15) is 4.57 Å². The Morgan fingerprint density at radius 1 is 1.38 bits per heavy atom. The Morgan fingerprint density at radius 3 is 2.46 bits per heavy atom. The predicted molar refractivity (Wildman–Crippen MR) is 58.1 cm³/mol. The summed E-state index contributed by atoms with van der Waals surface area (Å²) in [6, 6.07) is 7.71. The highest BCUT2D eigenvalue weighted by atomic mass is 31.2. The Morgan fingerprint density at radius 2 is 2.00 bits per heavy atom. The first-order valence-corrected chi connectivity index (χ1v) is 6.92. The van der Waals surface area contributed by atoms with Gasteiger partial charge in [0.25, 0.3) is 0 Å². The molecule has 0 spiro atoms. The molecule has 0 aromatic heterocycles. The van der Waals surface area contributed by atoms with E-state index >= 15 is 0 Å². The molecule has 13 heavy (non-hydrogen) atoms. The van der Waals surface area contributed by atoms with Gasteiger partial charge < -0.3 is 10.3 Å². The maximum absolute atomic E-state index is 11.8. The number of nitrogens with two attached hydrogens (primary N) is 1. The molecule has 0 aliphatic heterocycles. The molecule has 1 rings (SSSR count). The minimum Gasteiger partial charge on any atom is -0.324 e. The van der Waals surface area contributed by atoms with Crippen LogP contribution in [0.1, 0.15) is 18.5 Å². The lowest BCUT2D eigenvalue weighted by Gasteiger charge is -2.10. The Labute approximate surface area is 79.5 Å². The van der Waals surface area contributed by atoms with Gasteiger partial charge in [-0.3, -0.25) is 0 Å². The molecule has 72 valence electrons. The third kappa shape index (κ3) is 2.68. The van der Waals surface area contributed by atoms with Crippen molar-refractivity contribution in [1.82, 2.24) is 0 Å². The van der Waals surface area contributed by atoms with Crippen LogP contribution in [0.25, 0.3) is 0 Å². The molecule has 0 heterocycles. The fourth-order valence-electron chi connectivity index (χ4n) is 1.14. The molecule has 1 atom stereocenters. The molecule has 0 aliphatic rings. The van der Waals surface area contributed by atoms with Crippen LogP contribution in [0.3, 0.4) is 0 Å². The van der Waals surface area contributed by atoms with Crippen molar-refractivity contribution in [3.63, 3.8) is 0 Å². The summed E-state index contributed by atoms with van der Waals surface area (Å²) in [5.74, 6) is 0. The van der Waals surface area contributed by atoms with E-state index in [0.29, 0.717) is 0 Å². The van der Waals surface area contributed by atoms with Gasteiger partial charge in [0.05, 0.1) is 0 Å². The van der Waals surface area contributed by atoms with Crippen molar-refractivity contribution in [2.45, 2.75) is 13.0 Å². The van der Waals surface area contributed by atoms with Crippen LogP contribution < -0.4 is 11.0 Å². The summed E-state index contributed by atoms with van der Waals surface area (Å²) in [5, 5.41) is 0.905. The molecule has 0 saturated heterocycles. The monoisotopic (exact) mass is 197 g/mol. The maximum Gasteiger partial charge on any atom is 0.109 e. The second-order valence-corrected chi connectivity index (χ2v) is 6.95. The van der Waals surface area contributed by atoms with Crippen molar-refractivity contribution in [2.75, 3.05) is 13.3 Å². The van der Waals surface area contributed by atoms with E-state index in [2.05, 4.69) is 0 Å². The van der Waals surface area contributed by atoms with E-state index in [1.165, 1.54) is 0 Å². The highest BCUT2D eigenvalue weighted by Gasteiger charge is 2.11. The summed E-state index contributed by atoms with van der Waals surface area (Å²) in [7, 11) is -2.14. The molecule has 1 aromatic rings. The smallest absolute Gasteiger partial charge is 0.109 e. The van der Waals surface area contributed by atoms with Crippen molar-refractivity contribution >= 4 is 12.4 Å². The molecule has 0 saturated carbocycles. The lowest BCUT2D eigenvalue weighted by Crippen LogP contribution is -2.10. The van der Waals surface area contributed by atoms with E-state index in [4.69, 9.17) is 5.73 Å². The Balaban J connectivity index is 3.13. The number of rotatable bonds is 2. The first-order chi connectivity index (χ1) is 5.91. The molecular weight excluding hydrogens is 181 g/mol. The highest BCUT2D eigenvalue weighted by Crippen LogP contribution is 2.34. The van der Waals surface area contributed by atoms with E-state index in [-0.39, 0.29) is 6.04 Å². The molecule has 3 heteroatoms. The van der Waals surface area contributed by atoms with Crippen LogP contribution in [0.2, 0.25) is 0 Å². The molecule has 2 N–H and O–H groups in total. The summed E-state index contributed by atoms with van der Waals surface area (Å²) in [6.45, 7) is 5.47. The normalized spacial score (nSPS) is 14.2. The number of hydrogen-bond donors (Lipinski definition) is 1. The number of hydrogen-bond acceptors (Lipinski definition) is 2. The first kappa shape index (κ1) is 10.5. The van der Waals surface area contributed by atoms with Gasteiger partial charge in [-0.2, -0.15) is 0 Å². The van der Waals surface area contributed by atoms with Gasteiger partial charge in [-0.05, 0) is 31.9 Å². The third-order valence-corrected chi connectivity index (χ3v) is 3.54. The first-order valence-electron chi connectivity index (χ1n) is 4.32. The quantitative estimate of drug-likeness (QED) is 0.736. The molecule has 2 nitrogen and oxygen atoms in total. The van der Waals surface area contributed by atoms with Crippen LogP contribution >= 0.6 is 7.14 Å². The van der Waals surface area contributed by atoms with Gasteiger partial charge in [-0.1, -0.05) is 18.2 Å². The molecule has 0 fully saturated rings. The highest BCUT2D eigenvalue weighted by molar-refractivity contribution is 7.70. The number of benzene rings is 1. The summed E-state index contributed by atoms with van der Waals surface area (Å²) in [4.78, 5) is 0. The average molecular weight is 197 g/mol. The minimum absolute atomic E-state index is 0.00602. The predicted octanol–water partition coefficient (Wildman–Crippen LogP) is 1.95. The van der Waals surface area contributed by atoms with Gasteiger partial charge in [-0.15, -0.1) is 0 Å². The Kier molecular flexibility index (Phi) is 2.94. The molecule has 1 unspecified atom stereocenters. The fraction of sp³-hybridized carbons (Fsp3) is 0.400. The maximum atomic E-state index is 11.8. The molecule has 0 amide bonds. The topological polar surface area (TPSA) is 43.1 Å². The standard InChI is InChI=1S/C10H16NOP/c1-8(11)9-5-4-6-10(7-9)13(2,3)12/h4-8H,11H2,1-3H3. The van der Waals surface area contributed by atoms with Crippen molar-refractivity contribution in [1.29, 1.82) is 0 Å². The Hall–Kier alpha value is -0.590. The summed E-state index contributed by atoms with van der Waals surface area (Å²) < 4.78 is 11.8. The van der Waals surface area contributed by atoms with E-state index in [1.807, 2.05) is 31.2 Å². The van der Waals surface area contributed by atoms with Gasteiger partial charge in [0.2, 0.25) is 0 Å². The SMILES string of the molecule is CC(N)c1cccc(P(C)(C)=O)c1. The lowest BCUT2D eigenvalue weighted by molar-refractivity contribution is 0.588. The van der Waals surface area contributed by atoms with Gasteiger partial charge in [0.1, 0.15) is 7.14 Å². The summed E-state index contributed by atoms with van der Waals surface area (Å²) in [5.41, 5.74) is 6.78. The lowest BCUT2D eigenvalue weighted by atomic mass is 10.1. The van der Waals surface area contributed by atoms with Crippen LogP contribution in [0, 0.1) is 0 Å². The van der Waals surface area contributed by atoms with Crippen molar-refractivity contribution in [2.24, 2.45) is 5.73 Å². The van der Waals surface area contributed by atoms with Crippen LogP contribution in [0.5, 0.6) is 0 Å². The fourth-order valence-corrected chi connectivity index (χ4v) is 2.05. The molecule has 0 bridgehead atoms. The minimum atomic E-state index is -2.14. The average Bonchev–Trinajstić information content (AvgIpc) is 2.03. The van der Waals surface area contributed by atoms with Crippen LogP contribution in [-0.4, -0.2) is 13.3 Å². The second kappa shape index (κ2) is 3.65. The van der Waals surface area contributed by atoms with E-state index in [0.717, 1.165) is 10.9 Å². The molecule has 1 aromatic carbocycles. The van der Waals surface area contributed by atoms with Crippen molar-refractivity contribution in [3.8, 4) is 0 Å². The molecule has 0 radical (unpaired) electrons. The molecular formula is C10H16NOP. The zero-order valence-corrected chi connectivity index (χ0v) is 9.21. The molecule has 0 aliphatic carbocycles. The zero-order chi connectivity index (χ0) is 10.1. The second-order valence-electron chi connectivity index (χ2n) is 3.73. The van der Waals surface area contributed by atoms with Gasteiger partial charge in [-0.25, -0.2) is 0 Å². The van der Waals surface area contributed by atoms with E-state index in [1.54, 1.807) is 13.3 Å².